The molecule has 0 saturated carbocycles. The van der Waals surface area contributed by atoms with Gasteiger partial charge in [0.1, 0.15) is 0 Å². The average Bonchev–Trinajstić information content (AvgIpc) is 3.31. The normalized spacial score (nSPS) is 12.9. The summed E-state index contributed by atoms with van der Waals surface area (Å²) in [6.45, 7) is 6.24. The van der Waals surface area contributed by atoms with Crippen molar-refractivity contribution >= 4 is 11.6 Å². The van der Waals surface area contributed by atoms with Crippen LogP contribution in [0.3, 0.4) is 0 Å². The van der Waals surface area contributed by atoms with Crippen LogP contribution >= 0.6 is 11.6 Å². The van der Waals surface area contributed by atoms with E-state index >= 15 is 0 Å². The van der Waals surface area contributed by atoms with Crippen molar-refractivity contribution in [3.8, 4) is 28.3 Å². The topological polar surface area (TPSA) is 34.2 Å². The van der Waals surface area contributed by atoms with Crippen LogP contribution in [-0.4, -0.2) is 18.6 Å². The van der Waals surface area contributed by atoms with E-state index < -0.39 is 0 Å². The zero-order valence-corrected chi connectivity index (χ0v) is 20.1. The van der Waals surface area contributed by atoms with Crippen molar-refractivity contribution in [1.82, 2.24) is 10.3 Å². The maximum Gasteiger partial charge on any atom is 0.218 e. The lowest BCUT2D eigenvalue weighted by molar-refractivity contribution is 0.388. The number of hydrogen-bond donors (Lipinski definition) is 1. The molecule has 0 atom stereocenters. The fourth-order valence-corrected chi connectivity index (χ4v) is 5.05. The van der Waals surface area contributed by atoms with Gasteiger partial charge in [-0.2, -0.15) is 0 Å². The third-order valence-electron chi connectivity index (χ3n) is 6.75. The van der Waals surface area contributed by atoms with Gasteiger partial charge in [0.05, 0.1) is 17.8 Å². The molecule has 168 valence electrons. The van der Waals surface area contributed by atoms with Gasteiger partial charge in [-0.25, -0.2) is 4.98 Å². The van der Waals surface area contributed by atoms with Crippen molar-refractivity contribution in [2.24, 2.45) is 5.92 Å². The minimum Gasteiger partial charge on any atom is -0.481 e. The van der Waals surface area contributed by atoms with Crippen molar-refractivity contribution < 1.29 is 4.74 Å². The first-order chi connectivity index (χ1) is 15.7. The molecule has 0 saturated heterocycles. The van der Waals surface area contributed by atoms with Crippen LogP contribution in [0.4, 0.5) is 0 Å². The number of aryl methyl sites for hydroxylation is 1. The molecule has 1 aliphatic rings. The van der Waals surface area contributed by atoms with Crippen LogP contribution in [0.2, 0.25) is 5.02 Å². The molecule has 0 amide bonds. The van der Waals surface area contributed by atoms with Gasteiger partial charge >= 0.3 is 0 Å². The van der Waals surface area contributed by atoms with Crippen LogP contribution in [0, 0.1) is 5.92 Å². The zero-order chi connectivity index (χ0) is 22.5. The summed E-state index contributed by atoms with van der Waals surface area (Å²) >= 11 is 6.97. The van der Waals surface area contributed by atoms with E-state index in [1.807, 2.05) is 6.07 Å². The Kier molecular flexibility index (Phi) is 7.49. The van der Waals surface area contributed by atoms with E-state index in [4.69, 9.17) is 21.3 Å². The Balaban J connectivity index is 1.62. The zero-order valence-electron chi connectivity index (χ0n) is 19.4. The third kappa shape index (κ3) is 4.69. The van der Waals surface area contributed by atoms with E-state index in [2.05, 4.69) is 61.6 Å². The Hall–Kier alpha value is -2.36. The van der Waals surface area contributed by atoms with E-state index in [-0.39, 0.29) is 0 Å². The number of methoxy groups -OCH3 is 1. The number of hydrogen-bond acceptors (Lipinski definition) is 3. The second kappa shape index (κ2) is 10.5. The molecule has 1 aromatic heterocycles. The van der Waals surface area contributed by atoms with Crippen molar-refractivity contribution in [2.45, 2.75) is 52.5 Å². The standard InChI is InChI=1S/C28H33ClN2O/c1-4-19(5-2)17-30-18-21-15-16-26(31-28(21)32-3)25-14-8-13-24(27(25)29)23-12-7-10-20-9-6-11-22(20)23/h7-8,10,12-16,19,30H,4-6,9,11,17-18H2,1-3H3. The molecule has 4 rings (SSSR count). The van der Waals surface area contributed by atoms with Gasteiger partial charge in [0, 0.05) is 23.2 Å². The number of nitrogens with one attached hydrogen (secondary N) is 1. The summed E-state index contributed by atoms with van der Waals surface area (Å²) in [7, 11) is 1.68. The van der Waals surface area contributed by atoms with Gasteiger partial charge in [0.15, 0.2) is 0 Å². The third-order valence-corrected chi connectivity index (χ3v) is 7.15. The van der Waals surface area contributed by atoms with E-state index in [1.54, 1.807) is 7.11 Å². The van der Waals surface area contributed by atoms with E-state index in [0.29, 0.717) is 11.8 Å². The van der Waals surface area contributed by atoms with E-state index in [1.165, 1.54) is 36.0 Å². The van der Waals surface area contributed by atoms with Gasteiger partial charge in [-0.15, -0.1) is 0 Å². The number of nitrogens with zero attached hydrogens (tertiary/aromatic N) is 1. The summed E-state index contributed by atoms with van der Waals surface area (Å²) in [5.41, 5.74) is 8.07. The molecule has 2 aromatic carbocycles. The molecule has 1 aliphatic carbocycles. The van der Waals surface area contributed by atoms with Crippen LogP contribution in [0.15, 0.2) is 48.5 Å². The summed E-state index contributed by atoms with van der Waals surface area (Å²) < 4.78 is 5.64. The van der Waals surface area contributed by atoms with Gasteiger partial charge in [-0.3, -0.25) is 0 Å². The number of fused-ring (bicyclic) bond motifs is 1. The number of ether oxygens (including phenoxy) is 1. The van der Waals surface area contributed by atoms with Crippen molar-refractivity contribution in [1.29, 1.82) is 0 Å². The fraction of sp³-hybridized carbons (Fsp3) is 0.393. The van der Waals surface area contributed by atoms with Crippen molar-refractivity contribution in [2.75, 3.05) is 13.7 Å². The Morgan fingerprint density at radius 2 is 1.72 bits per heavy atom. The lowest BCUT2D eigenvalue weighted by Crippen LogP contribution is -2.22. The van der Waals surface area contributed by atoms with Crippen LogP contribution in [0.1, 0.15) is 49.8 Å². The fourth-order valence-electron chi connectivity index (χ4n) is 4.73. The minimum absolute atomic E-state index is 0.654. The molecule has 0 bridgehead atoms. The maximum atomic E-state index is 6.97. The molecule has 0 aliphatic heterocycles. The Labute approximate surface area is 197 Å². The first kappa shape index (κ1) is 22.8. The molecular formula is C28H33ClN2O. The van der Waals surface area contributed by atoms with Crippen LogP contribution in [0.5, 0.6) is 5.88 Å². The van der Waals surface area contributed by atoms with Gasteiger partial charge in [0.25, 0.3) is 0 Å². The number of pyridine rings is 1. The molecule has 0 radical (unpaired) electrons. The van der Waals surface area contributed by atoms with Gasteiger partial charge in [-0.05, 0) is 54.5 Å². The quantitative estimate of drug-likeness (QED) is 0.379. The molecule has 1 N–H and O–H groups in total. The van der Waals surface area contributed by atoms with Gasteiger partial charge < -0.3 is 10.1 Å². The molecule has 3 aromatic rings. The van der Waals surface area contributed by atoms with E-state index in [0.717, 1.165) is 53.3 Å². The molecule has 1 heterocycles. The van der Waals surface area contributed by atoms with Crippen molar-refractivity contribution in [3.63, 3.8) is 0 Å². The number of halogens is 1. The average molecular weight is 449 g/mol. The summed E-state index contributed by atoms with van der Waals surface area (Å²) in [6.07, 6.45) is 5.88. The second-order valence-corrected chi connectivity index (χ2v) is 9.02. The lowest BCUT2D eigenvalue weighted by Gasteiger charge is -2.16. The van der Waals surface area contributed by atoms with Crippen LogP contribution in [-0.2, 0) is 19.4 Å². The molecule has 0 unspecified atom stereocenters. The second-order valence-electron chi connectivity index (χ2n) is 8.64. The summed E-state index contributed by atoms with van der Waals surface area (Å²) in [4.78, 5) is 4.82. The lowest BCUT2D eigenvalue weighted by atomic mass is 9.95. The molecule has 0 spiro atoms. The predicted octanol–water partition coefficient (Wildman–Crippen LogP) is 7.09. The highest BCUT2D eigenvalue weighted by Crippen LogP contribution is 2.40. The minimum atomic E-state index is 0.654. The SMILES string of the molecule is CCC(CC)CNCc1ccc(-c2cccc(-c3cccc4c3CCC4)c2Cl)nc1OC. The molecule has 32 heavy (non-hydrogen) atoms. The first-order valence-electron chi connectivity index (χ1n) is 11.8. The molecule has 0 fully saturated rings. The Morgan fingerprint density at radius 3 is 2.50 bits per heavy atom. The summed E-state index contributed by atoms with van der Waals surface area (Å²) in [5.74, 6) is 1.36. The highest BCUT2D eigenvalue weighted by Gasteiger charge is 2.19. The predicted molar refractivity (Wildman–Crippen MR) is 134 cm³/mol. The molecular weight excluding hydrogens is 416 g/mol. The first-order valence-corrected chi connectivity index (χ1v) is 12.2. The smallest absolute Gasteiger partial charge is 0.218 e. The van der Waals surface area contributed by atoms with Gasteiger partial charge in [-0.1, -0.05) is 80.8 Å². The largest absolute Gasteiger partial charge is 0.481 e. The van der Waals surface area contributed by atoms with E-state index in [9.17, 15) is 0 Å². The number of aromatic nitrogens is 1. The highest BCUT2D eigenvalue weighted by atomic mass is 35.5. The summed E-state index contributed by atoms with van der Waals surface area (Å²) in [6, 6.07) is 17.0. The van der Waals surface area contributed by atoms with Crippen LogP contribution < -0.4 is 10.1 Å². The molecule has 3 nitrogen and oxygen atoms in total. The van der Waals surface area contributed by atoms with Crippen LogP contribution in [0.25, 0.3) is 22.4 Å². The maximum absolute atomic E-state index is 6.97. The van der Waals surface area contributed by atoms with Crippen molar-refractivity contribution in [3.05, 3.63) is 70.2 Å². The number of rotatable bonds is 9. The Morgan fingerprint density at radius 1 is 0.969 bits per heavy atom. The summed E-state index contributed by atoms with van der Waals surface area (Å²) in [5, 5.41) is 4.31. The monoisotopic (exact) mass is 448 g/mol. The Bertz CT molecular complexity index is 1080. The molecule has 4 heteroatoms. The van der Waals surface area contributed by atoms with Gasteiger partial charge in [0.2, 0.25) is 5.88 Å². The number of benzene rings is 2. The highest BCUT2D eigenvalue weighted by molar-refractivity contribution is 6.36.